The van der Waals surface area contributed by atoms with Crippen LogP contribution in [0.3, 0.4) is 0 Å². The zero-order valence-electron chi connectivity index (χ0n) is 13.8. The lowest BCUT2D eigenvalue weighted by Gasteiger charge is -2.34. The molecular formula is C17H23N5O. The van der Waals surface area contributed by atoms with Crippen molar-refractivity contribution in [3.8, 4) is 0 Å². The highest BCUT2D eigenvalue weighted by atomic mass is 16.2. The molecule has 0 radical (unpaired) electrons. The highest BCUT2D eigenvalue weighted by Crippen LogP contribution is 2.22. The standard InChI is InChI=1S/C17H23N5O/c1-11(2)16-19-15(20-21-16)9-18-17(23)22-10-14-7-5-4-6-13(14)8-12(22)3/h4-7,11-12H,8-10H2,1-3H3,(H,18,23)(H,19,20,21). The van der Waals surface area contributed by atoms with Crippen LogP contribution in [0.15, 0.2) is 24.3 Å². The molecule has 1 aliphatic heterocycles. The third kappa shape index (κ3) is 3.36. The number of hydrogen-bond acceptors (Lipinski definition) is 3. The monoisotopic (exact) mass is 313 g/mol. The van der Waals surface area contributed by atoms with Crippen LogP contribution >= 0.6 is 0 Å². The van der Waals surface area contributed by atoms with E-state index in [9.17, 15) is 4.79 Å². The van der Waals surface area contributed by atoms with Crippen LogP contribution < -0.4 is 5.32 Å². The summed E-state index contributed by atoms with van der Waals surface area (Å²) in [4.78, 5) is 18.7. The molecule has 1 atom stereocenters. The van der Waals surface area contributed by atoms with Crippen LogP contribution in [0, 0.1) is 0 Å². The lowest BCUT2D eigenvalue weighted by Crippen LogP contribution is -2.47. The van der Waals surface area contributed by atoms with Gasteiger partial charge in [0.25, 0.3) is 0 Å². The molecule has 1 aromatic carbocycles. The van der Waals surface area contributed by atoms with E-state index in [1.54, 1.807) is 0 Å². The lowest BCUT2D eigenvalue weighted by molar-refractivity contribution is 0.168. The fourth-order valence-electron chi connectivity index (χ4n) is 2.86. The smallest absolute Gasteiger partial charge is 0.318 e. The van der Waals surface area contributed by atoms with E-state index in [0.717, 1.165) is 12.2 Å². The van der Waals surface area contributed by atoms with Gasteiger partial charge in [-0.25, -0.2) is 9.78 Å². The number of hydrogen-bond donors (Lipinski definition) is 2. The van der Waals surface area contributed by atoms with E-state index >= 15 is 0 Å². The molecule has 0 fully saturated rings. The number of carbonyl (C=O) groups is 1. The Morgan fingerprint density at radius 2 is 2.13 bits per heavy atom. The Labute approximate surface area is 136 Å². The summed E-state index contributed by atoms with van der Waals surface area (Å²) in [7, 11) is 0. The average molecular weight is 313 g/mol. The van der Waals surface area contributed by atoms with Crippen molar-refractivity contribution in [2.24, 2.45) is 0 Å². The van der Waals surface area contributed by atoms with Crippen LogP contribution in [0.25, 0.3) is 0 Å². The number of aromatic amines is 1. The SMILES string of the molecule is CC(C)c1n[nH]c(CNC(=O)N2Cc3ccccc3CC2C)n1. The summed E-state index contributed by atoms with van der Waals surface area (Å²) in [5, 5.41) is 9.96. The second-order valence-electron chi connectivity index (χ2n) is 6.40. The Bertz CT molecular complexity index is 694. The zero-order chi connectivity index (χ0) is 16.4. The molecule has 122 valence electrons. The molecule has 23 heavy (non-hydrogen) atoms. The maximum Gasteiger partial charge on any atom is 0.318 e. The number of urea groups is 1. The van der Waals surface area contributed by atoms with Gasteiger partial charge in [-0.1, -0.05) is 38.1 Å². The van der Waals surface area contributed by atoms with E-state index in [-0.39, 0.29) is 18.0 Å². The second kappa shape index (κ2) is 6.40. The summed E-state index contributed by atoms with van der Waals surface area (Å²) >= 11 is 0. The molecule has 0 spiro atoms. The van der Waals surface area contributed by atoms with Crippen LogP contribution in [-0.2, 0) is 19.5 Å². The number of nitrogens with zero attached hydrogens (tertiary/aromatic N) is 3. The van der Waals surface area contributed by atoms with Crippen LogP contribution in [0.1, 0.15) is 49.5 Å². The van der Waals surface area contributed by atoms with Crippen LogP contribution in [0.4, 0.5) is 4.79 Å². The summed E-state index contributed by atoms with van der Waals surface area (Å²) in [6.45, 7) is 7.18. The van der Waals surface area contributed by atoms with Crippen molar-refractivity contribution in [3.05, 3.63) is 47.0 Å². The summed E-state index contributed by atoms with van der Waals surface area (Å²) < 4.78 is 0. The molecule has 6 heteroatoms. The summed E-state index contributed by atoms with van der Waals surface area (Å²) in [6, 6.07) is 8.43. The number of nitrogens with one attached hydrogen (secondary N) is 2. The van der Waals surface area contributed by atoms with Crippen molar-refractivity contribution in [1.29, 1.82) is 0 Å². The molecule has 1 aromatic heterocycles. The maximum atomic E-state index is 12.5. The number of fused-ring (bicyclic) bond motifs is 1. The molecule has 0 aliphatic carbocycles. The van der Waals surface area contributed by atoms with Crippen LogP contribution in [0.5, 0.6) is 0 Å². The number of rotatable bonds is 3. The Morgan fingerprint density at radius 3 is 2.83 bits per heavy atom. The Kier molecular flexibility index (Phi) is 4.32. The predicted octanol–water partition coefficient (Wildman–Crippen LogP) is 2.58. The van der Waals surface area contributed by atoms with Gasteiger partial charge in [-0.2, -0.15) is 5.10 Å². The number of carbonyl (C=O) groups excluding carboxylic acids is 1. The van der Waals surface area contributed by atoms with Gasteiger partial charge in [-0.15, -0.1) is 0 Å². The van der Waals surface area contributed by atoms with Gasteiger partial charge >= 0.3 is 6.03 Å². The largest absolute Gasteiger partial charge is 0.331 e. The van der Waals surface area contributed by atoms with Crippen molar-refractivity contribution < 1.29 is 4.79 Å². The first kappa shape index (κ1) is 15.5. The molecule has 2 N–H and O–H groups in total. The third-order valence-corrected chi connectivity index (χ3v) is 4.24. The van der Waals surface area contributed by atoms with Crippen molar-refractivity contribution in [2.45, 2.75) is 52.2 Å². The first-order valence-electron chi connectivity index (χ1n) is 8.07. The number of aromatic nitrogens is 3. The lowest BCUT2D eigenvalue weighted by atomic mass is 9.95. The first-order valence-corrected chi connectivity index (χ1v) is 8.07. The Hall–Kier alpha value is -2.37. The summed E-state index contributed by atoms with van der Waals surface area (Å²) in [5.74, 6) is 1.73. The highest BCUT2D eigenvalue weighted by Gasteiger charge is 2.26. The molecule has 1 aliphatic rings. The van der Waals surface area contributed by atoms with E-state index < -0.39 is 0 Å². The summed E-state index contributed by atoms with van der Waals surface area (Å²) in [5.41, 5.74) is 2.56. The number of benzene rings is 1. The fourth-order valence-corrected chi connectivity index (χ4v) is 2.86. The quantitative estimate of drug-likeness (QED) is 0.914. The number of amides is 2. The van der Waals surface area contributed by atoms with Gasteiger partial charge in [0.1, 0.15) is 5.82 Å². The Balaban J connectivity index is 1.62. The van der Waals surface area contributed by atoms with Crippen molar-refractivity contribution in [3.63, 3.8) is 0 Å². The Morgan fingerprint density at radius 1 is 1.39 bits per heavy atom. The molecule has 0 saturated carbocycles. The highest BCUT2D eigenvalue weighted by molar-refractivity contribution is 5.74. The van der Waals surface area contributed by atoms with E-state index in [1.165, 1.54) is 11.1 Å². The van der Waals surface area contributed by atoms with Crippen molar-refractivity contribution in [2.75, 3.05) is 0 Å². The molecule has 2 aromatic rings. The normalized spacial score (nSPS) is 17.2. The molecule has 6 nitrogen and oxygen atoms in total. The van der Waals surface area contributed by atoms with Gasteiger partial charge in [-0.3, -0.25) is 5.10 Å². The summed E-state index contributed by atoms with van der Waals surface area (Å²) in [6.07, 6.45) is 0.892. The molecular weight excluding hydrogens is 290 g/mol. The minimum atomic E-state index is -0.0606. The van der Waals surface area contributed by atoms with Crippen molar-refractivity contribution >= 4 is 6.03 Å². The van der Waals surface area contributed by atoms with Crippen LogP contribution in [-0.4, -0.2) is 32.2 Å². The molecule has 1 unspecified atom stereocenters. The van der Waals surface area contributed by atoms with Crippen LogP contribution in [0.2, 0.25) is 0 Å². The molecule has 0 bridgehead atoms. The average Bonchev–Trinajstić information content (AvgIpc) is 3.01. The molecule has 0 saturated heterocycles. The van der Waals surface area contributed by atoms with Crippen molar-refractivity contribution in [1.82, 2.24) is 25.4 Å². The second-order valence-corrected chi connectivity index (χ2v) is 6.40. The minimum absolute atomic E-state index is 0.0606. The van der Waals surface area contributed by atoms with Gasteiger partial charge < -0.3 is 10.2 Å². The van der Waals surface area contributed by atoms with E-state index in [4.69, 9.17) is 0 Å². The topological polar surface area (TPSA) is 73.9 Å². The van der Waals surface area contributed by atoms with Gasteiger partial charge in [0.2, 0.25) is 0 Å². The van der Waals surface area contributed by atoms with E-state index in [2.05, 4.69) is 45.6 Å². The first-order chi connectivity index (χ1) is 11.0. The van der Waals surface area contributed by atoms with E-state index in [1.807, 2.05) is 24.8 Å². The fraction of sp³-hybridized carbons (Fsp3) is 0.471. The molecule has 3 rings (SSSR count). The zero-order valence-corrected chi connectivity index (χ0v) is 13.8. The van der Waals surface area contributed by atoms with Gasteiger partial charge in [0.15, 0.2) is 5.82 Å². The van der Waals surface area contributed by atoms with Gasteiger partial charge in [0.05, 0.1) is 6.54 Å². The molecule has 2 amide bonds. The van der Waals surface area contributed by atoms with Gasteiger partial charge in [0, 0.05) is 18.5 Å². The maximum absolute atomic E-state index is 12.5. The minimum Gasteiger partial charge on any atom is -0.331 e. The predicted molar refractivity (Wildman–Crippen MR) is 87.9 cm³/mol. The number of H-pyrrole nitrogens is 1. The van der Waals surface area contributed by atoms with E-state index in [0.29, 0.717) is 18.9 Å². The molecule has 2 heterocycles. The third-order valence-electron chi connectivity index (χ3n) is 4.24. The van der Waals surface area contributed by atoms with Gasteiger partial charge in [-0.05, 0) is 24.5 Å².